The Morgan fingerprint density at radius 2 is 1.44 bits per heavy atom. The zero-order chi connectivity index (χ0) is 18.8. The molecule has 0 fully saturated rings. The molecule has 0 bridgehead atoms. The summed E-state index contributed by atoms with van der Waals surface area (Å²) in [7, 11) is -0.795. The Bertz CT molecular complexity index is 639. The Kier molecular flexibility index (Phi) is 17.8. The van der Waals surface area contributed by atoms with E-state index in [-0.39, 0.29) is 29.6 Å². The maximum absolute atomic E-state index is 10.9. The number of anilines is 1. The summed E-state index contributed by atoms with van der Waals surface area (Å²) in [6, 6.07) is 18.0. The molecule has 2 aromatic rings. The molecule has 25 heavy (non-hydrogen) atoms. The number of benzene rings is 2. The van der Waals surface area contributed by atoms with Crippen molar-refractivity contribution in [2.45, 2.75) is 6.92 Å². The van der Waals surface area contributed by atoms with Crippen LogP contribution in [-0.2, 0) is 4.79 Å². The third-order valence-electron chi connectivity index (χ3n) is 2.52. The molecule has 0 radical (unpaired) electrons. The van der Waals surface area contributed by atoms with E-state index in [0.717, 1.165) is 11.3 Å². The fraction of sp³-hybridized carbons (Fsp3) is 0.0714. The first-order valence-corrected chi connectivity index (χ1v) is 56.6. The van der Waals surface area contributed by atoms with Gasteiger partial charge in [0.25, 0.3) is 0 Å². The van der Waals surface area contributed by atoms with Crippen molar-refractivity contribution in [1.29, 1.82) is 0 Å². The van der Waals surface area contributed by atoms with Crippen LogP contribution in [0.3, 0.4) is 0 Å². The van der Waals surface area contributed by atoms with Gasteiger partial charge in [-0.25, -0.2) is 0 Å². The summed E-state index contributed by atoms with van der Waals surface area (Å²) in [4.78, 5) is 10.9. The van der Waals surface area contributed by atoms with Crippen LogP contribution >= 0.6 is 117 Å². The van der Waals surface area contributed by atoms with Crippen LogP contribution in [0, 0.1) is 0 Å². The van der Waals surface area contributed by atoms with Crippen molar-refractivity contribution in [2.24, 2.45) is 0 Å². The molecule has 2 nitrogen and oxygen atoms in total. The van der Waals surface area contributed by atoms with Gasteiger partial charge < -0.3 is 5.32 Å². The van der Waals surface area contributed by atoms with Crippen LogP contribution in [0.2, 0.25) is 0 Å². The van der Waals surface area contributed by atoms with Crippen molar-refractivity contribution in [2.75, 3.05) is 5.32 Å². The quantitative estimate of drug-likeness (QED) is 0.311. The fourth-order valence-electron chi connectivity index (χ4n) is 1.63. The number of nitrogens with one attached hydrogen (secondary N) is 1. The Morgan fingerprint density at radius 1 is 0.920 bits per heavy atom. The van der Waals surface area contributed by atoms with Crippen molar-refractivity contribution >= 4 is 128 Å². The normalized spacial score (nSPS) is 11.8. The van der Waals surface area contributed by atoms with Gasteiger partial charge in [-0.2, -0.15) is 0 Å². The Hall–Kier alpha value is 4.48. The molecule has 0 unspecified atom stereocenters. The topological polar surface area (TPSA) is 29.1 Å². The summed E-state index contributed by atoms with van der Waals surface area (Å²) >= 11 is 14.6. The number of amides is 1. The van der Waals surface area contributed by atoms with E-state index in [9.17, 15) is 4.79 Å². The summed E-state index contributed by atoms with van der Waals surface area (Å²) in [5.41, 5.74) is 3.15. The molecule has 1 N–H and O–H groups in total. The molecule has 0 atom stereocenters. The van der Waals surface area contributed by atoms with Crippen LogP contribution in [0.5, 0.6) is 0 Å². The second-order valence-corrected chi connectivity index (χ2v) is 167. The monoisotopic (exact) mass is 1350 g/mol. The molecule has 0 aliphatic carbocycles. The molecule has 0 aliphatic heterocycles. The fourth-order valence-corrected chi connectivity index (χ4v) is 630. The van der Waals surface area contributed by atoms with E-state index in [1.165, 1.54) is 12.5 Å². The van der Waals surface area contributed by atoms with Crippen LogP contribution in [0.15, 0.2) is 54.6 Å². The number of hydrogen-bond donors (Lipinski definition) is 1. The Balaban J connectivity index is 0.000000299. The second-order valence-electron chi connectivity index (χ2n) is 4.16. The molecule has 2 rings (SSSR count). The van der Waals surface area contributed by atoms with Gasteiger partial charge in [0.05, 0.1) is 0 Å². The molecule has 0 aromatic heterocycles. The third kappa shape index (κ3) is 12.2. The van der Waals surface area contributed by atoms with Crippen molar-refractivity contribution in [3.05, 3.63) is 54.6 Å². The minimum absolute atomic E-state index is 0.0486. The van der Waals surface area contributed by atoms with Gasteiger partial charge in [0, 0.05) is 12.6 Å². The molecule has 0 aliphatic rings. The predicted molar refractivity (Wildman–Crippen MR) is 178 cm³/mol. The van der Waals surface area contributed by atoms with Gasteiger partial charge in [0.1, 0.15) is 0 Å². The zero-order valence-corrected chi connectivity index (χ0v) is 31.9. The van der Waals surface area contributed by atoms with Crippen LogP contribution in [0.1, 0.15) is 6.92 Å². The zero-order valence-electron chi connectivity index (χ0n) is 12.5. The average Bonchev–Trinajstić information content (AvgIpc) is 2.61. The van der Waals surface area contributed by atoms with E-state index >= 15 is 0 Å². The first-order chi connectivity index (χ1) is 11.8. The van der Waals surface area contributed by atoms with Gasteiger partial charge in [-0.15, -0.1) is 0 Å². The molecule has 0 saturated heterocycles. The summed E-state index contributed by atoms with van der Waals surface area (Å²) in [6.45, 7) is 1.51. The maximum atomic E-state index is 10.9. The second kappa shape index (κ2) is 16.2. The first-order valence-electron chi connectivity index (χ1n) is 6.33. The van der Waals surface area contributed by atoms with Crippen LogP contribution in [0.25, 0.3) is 11.1 Å². The summed E-state index contributed by atoms with van der Waals surface area (Å²) in [6.07, 6.45) is 0. The van der Waals surface area contributed by atoms with E-state index < -0.39 is 0 Å². The molecular weight excluding hydrogens is 1340 g/mol. The van der Waals surface area contributed by atoms with Crippen LogP contribution in [0.4, 0.5) is 5.69 Å². The van der Waals surface area contributed by atoms with E-state index in [2.05, 4.69) is 111 Å². The first kappa shape index (κ1) is 27.5. The molecule has 0 spiro atoms. The molecule has 1 amide bonds. The number of rotatable bonds is 5. The SMILES string of the molecule is CC(=O)Nc1ccc(-c2ccccc2)cc1.I[I-]I(I)I(I)I(I)I. The van der Waals surface area contributed by atoms with Crippen LogP contribution in [-0.4, -0.2) is 5.91 Å². The van der Waals surface area contributed by atoms with Crippen molar-refractivity contribution in [3.8, 4) is 11.1 Å². The Labute approximate surface area is 217 Å². The van der Waals surface area contributed by atoms with Gasteiger partial charge in [0.15, 0.2) is 0 Å². The van der Waals surface area contributed by atoms with Crippen molar-refractivity contribution < 1.29 is 18.0 Å². The van der Waals surface area contributed by atoms with Crippen molar-refractivity contribution in [1.82, 2.24) is 0 Å². The predicted octanol–water partition coefficient (Wildman–Crippen LogP) is 7.40. The number of halogens is 9. The van der Waals surface area contributed by atoms with Crippen LogP contribution < -0.4 is 18.6 Å². The Morgan fingerprint density at radius 3 is 1.84 bits per heavy atom. The molecule has 0 heterocycles. The molecule has 0 saturated carbocycles. The number of carbonyl (C=O) groups is 1. The molecule has 144 valence electrons. The summed E-state index contributed by atoms with van der Waals surface area (Å²) in [5, 5.41) is 2.74. The van der Waals surface area contributed by atoms with Gasteiger partial charge in [-0.3, -0.25) is 4.79 Å². The van der Waals surface area contributed by atoms with E-state index in [4.69, 9.17) is 0 Å². The molecular formula is C14H13I9NO-. The van der Waals surface area contributed by atoms with E-state index in [1.807, 2.05) is 42.5 Å². The van der Waals surface area contributed by atoms with E-state index in [1.54, 1.807) is 0 Å². The number of carbonyl (C=O) groups excluding carboxylic acids is 1. The summed E-state index contributed by atoms with van der Waals surface area (Å²) < 4.78 is 0. The van der Waals surface area contributed by atoms with Crippen molar-refractivity contribution in [3.63, 3.8) is 0 Å². The third-order valence-corrected chi connectivity index (χ3v) is 416. The number of hydrogen-bond acceptors (Lipinski definition) is 1. The molecule has 11 heteroatoms. The molecule has 2 aromatic carbocycles. The average molecular weight is 1350 g/mol. The summed E-state index contributed by atoms with van der Waals surface area (Å²) in [5.74, 6) is -0.0486. The van der Waals surface area contributed by atoms with Gasteiger partial charge >= 0.3 is 130 Å². The van der Waals surface area contributed by atoms with E-state index in [0.29, 0.717) is 13.3 Å². The van der Waals surface area contributed by atoms with Gasteiger partial charge in [0.2, 0.25) is 5.91 Å². The minimum atomic E-state index is -0.324. The van der Waals surface area contributed by atoms with Gasteiger partial charge in [-0.1, -0.05) is 42.5 Å². The van der Waals surface area contributed by atoms with Gasteiger partial charge in [-0.05, 0) is 23.3 Å². The standard InChI is InChI=1S/C14H13NO.I9/c1-11(16)15-14-9-7-13(8-10-14)12-5-3-2-4-6-12;1-6-8(4)9(5)7(2)3/h2-10H,1H3,(H,15,16);/q;-1.